The molecular weight excluding hydrogens is 334 g/mol. The summed E-state index contributed by atoms with van der Waals surface area (Å²) in [6.07, 6.45) is 0.0815. The summed E-state index contributed by atoms with van der Waals surface area (Å²) in [6, 6.07) is 13.6. The number of aliphatic carboxylic acids is 1. The molecule has 0 saturated heterocycles. The summed E-state index contributed by atoms with van der Waals surface area (Å²) in [4.78, 5) is 34.9. The van der Waals surface area contributed by atoms with E-state index in [-0.39, 0.29) is 17.9 Å². The van der Waals surface area contributed by atoms with Gasteiger partial charge in [-0.25, -0.2) is 4.79 Å². The number of anilines is 1. The van der Waals surface area contributed by atoms with Gasteiger partial charge in [-0.15, -0.1) is 0 Å². The second kappa shape index (κ2) is 8.44. The van der Waals surface area contributed by atoms with Gasteiger partial charge < -0.3 is 15.7 Å². The van der Waals surface area contributed by atoms with E-state index in [4.69, 9.17) is 5.26 Å². The summed E-state index contributed by atoms with van der Waals surface area (Å²) >= 11 is 0. The molecule has 0 fully saturated rings. The van der Waals surface area contributed by atoms with E-state index in [1.807, 2.05) is 6.07 Å². The fraction of sp³-hybridized carbons (Fsp3) is 0.158. The molecule has 26 heavy (non-hydrogen) atoms. The van der Waals surface area contributed by atoms with Gasteiger partial charge in [0.25, 0.3) is 5.91 Å². The van der Waals surface area contributed by atoms with E-state index in [1.165, 1.54) is 19.1 Å². The quantitative estimate of drug-likeness (QED) is 0.735. The molecule has 0 unspecified atom stereocenters. The molecule has 7 nitrogen and oxygen atoms in total. The highest BCUT2D eigenvalue weighted by Gasteiger charge is 2.21. The highest BCUT2D eigenvalue weighted by molar-refractivity contribution is 5.98. The summed E-state index contributed by atoms with van der Waals surface area (Å²) in [5.74, 6) is -1.99. The van der Waals surface area contributed by atoms with Crippen LogP contribution < -0.4 is 10.6 Å². The first-order valence-corrected chi connectivity index (χ1v) is 7.79. The van der Waals surface area contributed by atoms with Crippen LogP contribution in [0.1, 0.15) is 28.4 Å². The molecule has 0 heterocycles. The van der Waals surface area contributed by atoms with Crippen molar-refractivity contribution in [2.75, 3.05) is 5.32 Å². The molecule has 0 spiro atoms. The monoisotopic (exact) mass is 351 g/mol. The Bertz CT molecular complexity index is 869. The molecule has 2 amide bonds. The van der Waals surface area contributed by atoms with Gasteiger partial charge in [-0.05, 0) is 35.9 Å². The van der Waals surface area contributed by atoms with Crippen LogP contribution in [0.15, 0.2) is 48.5 Å². The molecule has 7 heteroatoms. The third-order valence-corrected chi connectivity index (χ3v) is 3.57. The van der Waals surface area contributed by atoms with Crippen molar-refractivity contribution in [2.24, 2.45) is 0 Å². The van der Waals surface area contributed by atoms with Crippen molar-refractivity contribution in [3.05, 3.63) is 65.2 Å². The van der Waals surface area contributed by atoms with Crippen molar-refractivity contribution < 1.29 is 19.5 Å². The van der Waals surface area contributed by atoms with Gasteiger partial charge in [0.1, 0.15) is 6.04 Å². The van der Waals surface area contributed by atoms with Gasteiger partial charge in [0, 0.05) is 24.6 Å². The van der Waals surface area contributed by atoms with Crippen molar-refractivity contribution in [3.8, 4) is 6.07 Å². The minimum atomic E-state index is -1.17. The van der Waals surface area contributed by atoms with Crippen LogP contribution in [0, 0.1) is 11.3 Å². The lowest BCUT2D eigenvalue weighted by Gasteiger charge is -2.15. The number of carboxylic acid groups (broad SMARTS) is 1. The standard InChI is InChI=1S/C19H17N3O4/c1-12(23)21-16-4-2-3-15(10-16)18(24)22-17(19(25)26)9-13-5-7-14(11-20)8-6-13/h2-8,10,17H,9H2,1H3,(H,21,23)(H,22,24)(H,25,26)/t17-/m1/s1. The van der Waals surface area contributed by atoms with E-state index in [0.717, 1.165) is 0 Å². The summed E-state index contributed by atoms with van der Waals surface area (Å²) < 4.78 is 0. The van der Waals surface area contributed by atoms with E-state index in [1.54, 1.807) is 36.4 Å². The largest absolute Gasteiger partial charge is 0.480 e. The molecule has 0 saturated carbocycles. The Morgan fingerprint density at radius 3 is 2.42 bits per heavy atom. The fourth-order valence-corrected chi connectivity index (χ4v) is 2.33. The molecule has 0 aliphatic heterocycles. The number of hydrogen-bond donors (Lipinski definition) is 3. The molecular formula is C19H17N3O4. The number of carboxylic acids is 1. The number of nitriles is 1. The van der Waals surface area contributed by atoms with E-state index in [0.29, 0.717) is 16.8 Å². The fourth-order valence-electron chi connectivity index (χ4n) is 2.33. The number of amides is 2. The second-order valence-electron chi connectivity index (χ2n) is 5.64. The van der Waals surface area contributed by atoms with Crippen molar-refractivity contribution >= 4 is 23.5 Å². The maximum absolute atomic E-state index is 12.4. The topological polar surface area (TPSA) is 119 Å². The van der Waals surface area contributed by atoms with Crippen molar-refractivity contribution in [2.45, 2.75) is 19.4 Å². The molecule has 3 N–H and O–H groups in total. The van der Waals surface area contributed by atoms with E-state index in [2.05, 4.69) is 10.6 Å². The van der Waals surface area contributed by atoms with E-state index in [9.17, 15) is 19.5 Å². The maximum Gasteiger partial charge on any atom is 0.326 e. The highest BCUT2D eigenvalue weighted by Crippen LogP contribution is 2.12. The van der Waals surface area contributed by atoms with Gasteiger partial charge in [-0.2, -0.15) is 5.26 Å². The SMILES string of the molecule is CC(=O)Nc1cccc(C(=O)N[C@H](Cc2ccc(C#N)cc2)C(=O)O)c1. The third kappa shape index (κ3) is 5.18. The Balaban J connectivity index is 2.11. The summed E-state index contributed by atoms with van der Waals surface area (Å²) in [6.45, 7) is 1.35. The lowest BCUT2D eigenvalue weighted by Crippen LogP contribution is -2.42. The molecule has 132 valence electrons. The predicted octanol–water partition coefficient (Wildman–Crippen LogP) is 1.94. The molecule has 2 aromatic carbocycles. The molecule has 2 aromatic rings. The van der Waals surface area contributed by atoms with Crippen molar-refractivity contribution in [1.29, 1.82) is 5.26 Å². The van der Waals surface area contributed by atoms with Crippen LogP contribution in [0.25, 0.3) is 0 Å². The number of carbonyl (C=O) groups is 3. The van der Waals surface area contributed by atoms with E-state index < -0.39 is 17.9 Å². The predicted molar refractivity (Wildman–Crippen MR) is 94.5 cm³/mol. The average Bonchev–Trinajstić information content (AvgIpc) is 2.61. The first kappa shape index (κ1) is 18.7. The van der Waals surface area contributed by atoms with Gasteiger partial charge >= 0.3 is 5.97 Å². The lowest BCUT2D eigenvalue weighted by atomic mass is 10.0. The average molecular weight is 351 g/mol. The Hall–Kier alpha value is -3.66. The lowest BCUT2D eigenvalue weighted by molar-refractivity contribution is -0.139. The minimum Gasteiger partial charge on any atom is -0.480 e. The summed E-state index contributed by atoms with van der Waals surface area (Å²) in [5.41, 5.74) is 1.84. The molecule has 0 aliphatic rings. The zero-order chi connectivity index (χ0) is 19.1. The second-order valence-corrected chi connectivity index (χ2v) is 5.64. The Morgan fingerprint density at radius 2 is 1.85 bits per heavy atom. The molecule has 0 radical (unpaired) electrons. The number of hydrogen-bond acceptors (Lipinski definition) is 4. The van der Waals surface area contributed by atoms with Crippen LogP contribution in [0.3, 0.4) is 0 Å². The Morgan fingerprint density at radius 1 is 1.15 bits per heavy atom. The molecule has 2 rings (SSSR count). The van der Waals surface area contributed by atoms with Gasteiger partial charge in [0.2, 0.25) is 5.91 Å². The molecule has 0 aliphatic carbocycles. The van der Waals surface area contributed by atoms with Gasteiger partial charge in [-0.3, -0.25) is 9.59 Å². The van der Waals surface area contributed by atoms with Crippen LogP contribution in [-0.4, -0.2) is 28.9 Å². The smallest absolute Gasteiger partial charge is 0.326 e. The number of nitrogens with zero attached hydrogens (tertiary/aromatic N) is 1. The van der Waals surface area contributed by atoms with Crippen LogP contribution in [0.4, 0.5) is 5.69 Å². The zero-order valence-corrected chi connectivity index (χ0v) is 14.0. The van der Waals surface area contributed by atoms with Gasteiger partial charge in [0.05, 0.1) is 11.6 Å². The Kier molecular flexibility index (Phi) is 6.06. The van der Waals surface area contributed by atoms with Crippen LogP contribution in [0.5, 0.6) is 0 Å². The number of carbonyl (C=O) groups excluding carboxylic acids is 2. The van der Waals surface area contributed by atoms with E-state index >= 15 is 0 Å². The highest BCUT2D eigenvalue weighted by atomic mass is 16.4. The minimum absolute atomic E-state index is 0.0815. The van der Waals surface area contributed by atoms with Gasteiger partial charge in [-0.1, -0.05) is 18.2 Å². The summed E-state index contributed by atoms with van der Waals surface area (Å²) in [5, 5.41) is 23.2. The maximum atomic E-state index is 12.4. The molecule has 0 aromatic heterocycles. The van der Waals surface area contributed by atoms with Crippen molar-refractivity contribution in [1.82, 2.24) is 5.32 Å². The number of nitrogens with one attached hydrogen (secondary N) is 2. The van der Waals surface area contributed by atoms with Crippen LogP contribution in [-0.2, 0) is 16.0 Å². The number of rotatable bonds is 6. The first-order chi connectivity index (χ1) is 12.4. The van der Waals surface area contributed by atoms with Crippen molar-refractivity contribution in [3.63, 3.8) is 0 Å². The summed E-state index contributed by atoms with van der Waals surface area (Å²) in [7, 11) is 0. The van der Waals surface area contributed by atoms with Gasteiger partial charge in [0.15, 0.2) is 0 Å². The molecule has 0 bridgehead atoms. The van der Waals surface area contributed by atoms with Crippen LogP contribution >= 0.6 is 0 Å². The first-order valence-electron chi connectivity index (χ1n) is 7.79. The van der Waals surface area contributed by atoms with Crippen LogP contribution in [0.2, 0.25) is 0 Å². The normalized spacial score (nSPS) is 11.1. The zero-order valence-electron chi connectivity index (χ0n) is 14.0. The molecule has 1 atom stereocenters. The Labute approximate surface area is 150 Å². The third-order valence-electron chi connectivity index (χ3n) is 3.57. The number of benzene rings is 2.